The number of halogens is 1. The number of benzene rings is 2. The van der Waals surface area contributed by atoms with Gasteiger partial charge in [0, 0.05) is 15.4 Å². The summed E-state index contributed by atoms with van der Waals surface area (Å²) in [4.78, 5) is 16.0. The Hall–Kier alpha value is -2.11. The lowest BCUT2D eigenvalue weighted by atomic mass is 10.1. The van der Waals surface area contributed by atoms with Gasteiger partial charge in [0.1, 0.15) is 5.69 Å². The molecule has 25 heavy (non-hydrogen) atoms. The van der Waals surface area contributed by atoms with Crippen LogP contribution in [0.5, 0.6) is 0 Å². The van der Waals surface area contributed by atoms with Crippen LogP contribution in [-0.2, 0) is 12.8 Å². The number of nitrogens with one attached hydrogen (secondary N) is 2. The van der Waals surface area contributed by atoms with Crippen molar-refractivity contribution in [2.24, 2.45) is 0 Å². The van der Waals surface area contributed by atoms with Crippen LogP contribution in [0.15, 0.2) is 53.0 Å². The van der Waals surface area contributed by atoms with Crippen LogP contribution in [0, 0.1) is 0 Å². The van der Waals surface area contributed by atoms with Gasteiger partial charge in [-0.25, -0.2) is 0 Å². The Kier molecular flexibility index (Phi) is 5.56. The number of aromatic nitrogens is 1. The average molecular weight is 401 g/mol. The average Bonchev–Trinajstić information content (AvgIpc) is 2.99. The number of aliphatic hydroxyl groups excluding tert-OH is 1. The fraction of sp³-hybridized carbons (Fsp3) is 0.250. The Bertz CT molecular complexity index is 874. The standard InChI is InChI=1S/C20H21BrN2O2/c1-2-16-17-11-14(21)8-9-18(17)23-19(16)20(25)22-15(12-24)10-13-6-4-3-5-7-13/h3-9,11,15,23-24H,2,10,12H2,1H3,(H,22,25). The smallest absolute Gasteiger partial charge is 0.268 e. The SMILES string of the molecule is CCc1c(C(=O)NC(CO)Cc2ccccc2)[nH]c2ccc(Br)cc12. The second-order valence-electron chi connectivity index (χ2n) is 6.06. The molecule has 0 saturated carbocycles. The van der Waals surface area contributed by atoms with Crippen LogP contribution in [0.2, 0.25) is 0 Å². The molecule has 3 aromatic rings. The Balaban J connectivity index is 1.83. The summed E-state index contributed by atoms with van der Waals surface area (Å²) in [5.41, 5.74) is 3.58. The molecule has 0 bridgehead atoms. The quantitative estimate of drug-likeness (QED) is 0.588. The first-order chi connectivity index (χ1) is 12.1. The molecule has 0 aliphatic carbocycles. The minimum absolute atomic E-state index is 0.103. The molecule has 0 radical (unpaired) electrons. The van der Waals surface area contributed by atoms with E-state index in [-0.39, 0.29) is 18.6 Å². The summed E-state index contributed by atoms with van der Waals surface area (Å²) in [7, 11) is 0. The van der Waals surface area contributed by atoms with Crippen LogP contribution in [0.25, 0.3) is 10.9 Å². The largest absolute Gasteiger partial charge is 0.394 e. The minimum Gasteiger partial charge on any atom is -0.394 e. The topological polar surface area (TPSA) is 65.1 Å². The zero-order valence-corrected chi connectivity index (χ0v) is 15.6. The van der Waals surface area contributed by atoms with Gasteiger partial charge in [-0.2, -0.15) is 0 Å². The lowest BCUT2D eigenvalue weighted by Crippen LogP contribution is -2.39. The van der Waals surface area contributed by atoms with Gasteiger partial charge >= 0.3 is 0 Å². The third-order valence-electron chi connectivity index (χ3n) is 4.33. The summed E-state index contributed by atoms with van der Waals surface area (Å²) in [6.45, 7) is 1.93. The van der Waals surface area contributed by atoms with Crippen molar-refractivity contribution in [3.63, 3.8) is 0 Å². The van der Waals surface area contributed by atoms with E-state index in [2.05, 4.69) is 26.2 Å². The van der Waals surface area contributed by atoms with E-state index in [9.17, 15) is 9.90 Å². The number of H-pyrrole nitrogens is 1. The summed E-state index contributed by atoms with van der Waals surface area (Å²) >= 11 is 3.48. The van der Waals surface area contributed by atoms with Crippen molar-refractivity contribution < 1.29 is 9.90 Å². The highest BCUT2D eigenvalue weighted by atomic mass is 79.9. The summed E-state index contributed by atoms with van der Waals surface area (Å²) in [6.07, 6.45) is 1.35. The van der Waals surface area contributed by atoms with Crippen LogP contribution in [0.4, 0.5) is 0 Å². The van der Waals surface area contributed by atoms with Crippen molar-refractivity contribution in [2.45, 2.75) is 25.8 Å². The number of aromatic amines is 1. The first-order valence-electron chi connectivity index (χ1n) is 8.38. The molecule has 0 spiro atoms. The molecule has 1 unspecified atom stereocenters. The van der Waals surface area contributed by atoms with E-state index in [1.807, 2.05) is 55.5 Å². The molecule has 3 rings (SSSR count). The lowest BCUT2D eigenvalue weighted by Gasteiger charge is -2.16. The molecule has 0 aliphatic rings. The van der Waals surface area contributed by atoms with Gasteiger partial charge in [0.25, 0.3) is 5.91 Å². The van der Waals surface area contributed by atoms with Gasteiger partial charge < -0.3 is 15.4 Å². The van der Waals surface area contributed by atoms with Gasteiger partial charge in [-0.3, -0.25) is 4.79 Å². The van der Waals surface area contributed by atoms with Gasteiger partial charge in [-0.05, 0) is 42.2 Å². The van der Waals surface area contributed by atoms with Crippen molar-refractivity contribution in [3.05, 3.63) is 69.8 Å². The number of fused-ring (bicyclic) bond motifs is 1. The monoisotopic (exact) mass is 400 g/mol. The van der Waals surface area contributed by atoms with E-state index in [1.54, 1.807) is 0 Å². The third-order valence-corrected chi connectivity index (χ3v) is 4.82. The zero-order valence-electron chi connectivity index (χ0n) is 14.1. The Morgan fingerprint density at radius 2 is 2.00 bits per heavy atom. The molecule has 0 saturated heterocycles. The molecule has 1 aromatic heterocycles. The van der Waals surface area contributed by atoms with E-state index < -0.39 is 0 Å². The van der Waals surface area contributed by atoms with Crippen LogP contribution in [0.1, 0.15) is 28.5 Å². The van der Waals surface area contributed by atoms with E-state index in [1.165, 1.54) is 0 Å². The molecule has 0 fully saturated rings. The number of rotatable bonds is 6. The zero-order chi connectivity index (χ0) is 17.8. The van der Waals surface area contributed by atoms with Crippen molar-refractivity contribution in [1.82, 2.24) is 10.3 Å². The number of hydrogen-bond acceptors (Lipinski definition) is 2. The third kappa shape index (κ3) is 3.94. The van der Waals surface area contributed by atoms with Gasteiger partial charge in [0.2, 0.25) is 0 Å². The normalized spacial score (nSPS) is 12.3. The second kappa shape index (κ2) is 7.85. The number of amides is 1. The second-order valence-corrected chi connectivity index (χ2v) is 6.98. The molecule has 1 atom stereocenters. The summed E-state index contributed by atoms with van der Waals surface area (Å²) < 4.78 is 0.984. The minimum atomic E-state index is -0.322. The molecular weight excluding hydrogens is 380 g/mol. The molecular formula is C20H21BrN2O2. The van der Waals surface area contributed by atoms with Crippen LogP contribution in [-0.4, -0.2) is 28.6 Å². The van der Waals surface area contributed by atoms with Crippen molar-refractivity contribution in [2.75, 3.05) is 6.61 Å². The predicted octanol–water partition coefficient (Wildman–Crippen LogP) is 3.83. The summed E-state index contributed by atoms with van der Waals surface area (Å²) in [6, 6.07) is 15.5. The van der Waals surface area contributed by atoms with E-state index in [0.717, 1.165) is 32.9 Å². The van der Waals surface area contributed by atoms with Crippen LogP contribution in [0.3, 0.4) is 0 Å². The van der Waals surface area contributed by atoms with Crippen molar-refractivity contribution >= 4 is 32.7 Å². The van der Waals surface area contributed by atoms with Crippen LogP contribution < -0.4 is 5.32 Å². The highest BCUT2D eigenvalue weighted by Gasteiger charge is 2.19. The predicted molar refractivity (Wildman–Crippen MR) is 104 cm³/mol. The first kappa shape index (κ1) is 17.7. The van der Waals surface area contributed by atoms with Crippen molar-refractivity contribution in [3.8, 4) is 0 Å². The van der Waals surface area contributed by atoms with Crippen molar-refractivity contribution in [1.29, 1.82) is 0 Å². The van der Waals surface area contributed by atoms with Gasteiger partial charge in [0.15, 0.2) is 0 Å². The van der Waals surface area contributed by atoms with Gasteiger partial charge in [-0.15, -0.1) is 0 Å². The number of aliphatic hydroxyl groups is 1. The number of hydrogen-bond donors (Lipinski definition) is 3. The van der Waals surface area contributed by atoms with Crippen LogP contribution >= 0.6 is 15.9 Å². The Morgan fingerprint density at radius 1 is 1.24 bits per heavy atom. The molecule has 130 valence electrons. The first-order valence-corrected chi connectivity index (χ1v) is 9.17. The fourth-order valence-electron chi connectivity index (χ4n) is 3.10. The lowest BCUT2D eigenvalue weighted by molar-refractivity contribution is 0.0911. The van der Waals surface area contributed by atoms with E-state index >= 15 is 0 Å². The number of carbonyl (C=O) groups excluding carboxylic acids is 1. The fourth-order valence-corrected chi connectivity index (χ4v) is 3.46. The summed E-state index contributed by atoms with van der Waals surface area (Å²) in [5, 5.41) is 13.7. The maximum Gasteiger partial charge on any atom is 0.268 e. The highest BCUT2D eigenvalue weighted by Crippen LogP contribution is 2.26. The van der Waals surface area contributed by atoms with E-state index in [0.29, 0.717) is 12.1 Å². The molecule has 1 amide bonds. The van der Waals surface area contributed by atoms with E-state index in [4.69, 9.17) is 0 Å². The van der Waals surface area contributed by atoms with Gasteiger partial charge in [-0.1, -0.05) is 53.2 Å². The summed E-state index contributed by atoms with van der Waals surface area (Å²) in [5.74, 6) is -0.181. The number of aryl methyl sites for hydroxylation is 1. The molecule has 4 nitrogen and oxygen atoms in total. The molecule has 5 heteroatoms. The highest BCUT2D eigenvalue weighted by molar-refractivity contribution is 9.10. The maximum absolute atomic E-state index is 12.8. The Labute approximate surface area is 155 Å². The molecule has 0 aliphatic heterocycles. The molecule has 1 heterocycles. The molecule has 2 aromatic carbocycles. The maximum atomic E-state index is 12.8. The Morgan fingerprint density at radius 3 is 2.68 bits per heavy atom. The molecule has 3 N–H and O–H groups in total. The van der Waals surface area contributed by atoms with Gasteiger partial charge in [0.05, 0.1) is 12.6 Å². The number of carbonyl (C=O) groups is 1.